The number of carbonyl (C=O) groups is 1. The van der Waals surface area contributed by atoms with E-state index < -0.39 is 0 Å². The molecule has 1 amide bonds. The molecule has 0 radical (unpaired) electrons. The monoisotopic (exact) mass is 325 g/mol. The Morgan fingerprint density at radius 3 is 2.45 bits per heavy atom. The number of likely N-dealkylation sites (tertiary alicyclic amines) is 1. The predicted molar refractivity (Wildman–Crippen MR) is 88.1 cm³/mol. The van der Waals surface area contributed by atoms with Crippen molar-refractivity contribution >= 4 is 30.7 Å². The van der Waals surface area contributed by atoms with Crippen molar-refractivity contribution in [1.82, 2.24) is 15.5 Å². The number of rotatable bonds is 4. The Bertz CT molecular complexity index is 278. The molecule has 2 N–H and O–H groups in total. The summed E-state index contributed by atoms with van der Waals surface area (Å²) in [6, 6.07) is 0. The maximum atomic E-state index is 12.2. The maximum absolute atomic E-state index is 12.2. The number of halogens is 2. The molecular weight excluding hydrogens is 297 g/mol. The largest absolute Gasteiger partial charge is 0.353 e. The molecule has 4 nitrogen and oxygen atoms in total. The lowest BCUT2D eigenvalue weighted by molar-refractivity contribution is -0.128. The zero-order chi connectivity index (χ0) is 12.8. The van der Waals surface area contributed by atoms with Gasteiger partial charge in [-0.3, -0.25) is 4.79 Å². The summed E-state index contributed by atoms with van der Waals surface area (Å²) in [5, 5.41) is 6.46. The SMILES string of the molecule is CC1(C(=O)NCCN2CCCCC2)CCCCN1.Cl.Cl. The second-order valence-corrected chi connectivity index (χ2v) is 5.87. The smallest absolute Gasteiger partial charge is 0.240 e. The highest BCUT2D eigenvalue weighted by molar-refractivity contribution is 5.86. The highest BCUT2D eigenvalue weighted by atomic mass is 35.5. The molecule has 2 heterocycles. The Morgan fingerprint density at radius 1 is 1.15 bits per heavy atom. The van der Waals surface area contributed by atoms with Gasteiger partial charge in [0, 0.05) is 13.1 Å². The van der Waals surface area contributed by atoms with Gasteiger partial charge in [0.25, 0.3) is 0 Å². The Balaban J connectivity index is 0.00000180. The molecule has 0 aromatic heterocycles. The normalized spacial score (nSPS) is 27.1. The highest BCUT2D eigenvalue weighted by Crippen LogP contribution is 2.18. The fourth-order valence-corrected chi connectivity index (χ4v) is 2.96. The van der Waals surface area contributed by atoms with E-state index in [1.807, 2.05) is 6.92 Å². The number of nitrogens with one attached hydrogen (secondary N) is 2. The van der Waals surface area contributed by atoms with Gasteiger partial charge >= 0.3 is 0 Å². The van der Waals surface area contributed by atoms with Crippen molar-refractivity contribution < 1.29 is 4.79 Å². The minimum absolute atomic E-state index is 0. The summed E-state index contributed by atoms with van der Waals surface area (Å²) < 4.78 is 0. The Kier molecular flexibility index (Phi) is 9.81. The van der Waals surface area contributed by atoms with E-state index in [1.54, 1.807) is 0 Å². The van der Waals surface area contributed by atoms with E-state index >= 15 is 0 Å². The molecule has 0 aromatic rings. The summed E-state index contributed by atoms with van der Waals surface area (Å²) in [4.78, 5) is 14.6. The van der Waals surface area contributed by atoms with Crippen molar-refractivity contribution in [2.75, 3.05) is 32.7 Å². The third-order valence-corrected chi connectivity index (χ3v) is 4.28. The summed E-state index contributed by atoms with van der Waals surface area (Å²) in [6.45, 7) is 7.19. The summed E-state index contributed by atoms with van der Waals surface area (Å²) in [6.07, 6.45) is 7.30. The van der Waals surface area contributed by atoms with Crippen molar-refractivity contribution in [2.45, 2.75) is 51.0 Å². The van der Waals surface area contributed by atoms with E-state index in [1.165, 1.54) is 38.8 Å². The third kappa shape index (κ3) is 5.76. The number of hydrogen-bond acceptors (Lipinski definition) is 3. The minimum Gasteiger partial charge on any atom is -0.353 e. The van der Waals surface area contributed by atoms with Crippen LogP contribution in [0.25, 0.3) is 0 Å². The van der Waals surface area contributed by atoms with Gasteiger partial charge in [-0.1, -0.05) is 6.42 Å². The van der Waals surface area contributed by atoms with Gasteiger partial charge in [0.1, 0.15) is 0 Å². The first-order valence-corrected chi connectivity index (χ1v) is 7.46. The van der Waals surface area contributed by atoms with Gasteiger partial charge in [-0.05, 0) is 58.7 Å². The van der Waals surface area contributed by atoms with Gasteiger partial charge in [-0.2, -0.15) is 0 Å². The molecule has 0 saturated carbocycles. The quantitative estimate of drug-likeness (QED) is 0.830. The van der Waals surface area contributed by atoms with Gasteiger partial charge in [0.05, 0.1) is 5.54 Å². The topological polar surface area (TPSA) is 44.4 Å². The van der Waals surface area contributed by atoms with Gasteiger partial charge in [-0.25, -0.2) is 0 Å². The number of amides is 1. The van der Waals surface area contributed by atoms with Gasteiger partial charge in [-0.15, -0.1) is 24.8 Å². The molecule has 2 saturated heterocycles. The van der Waals surface area contributed by atoms with Crippen molar-refractivity contribution in [1.29, 1.82) is 0 Å². The van der Waals surface area contributed by atoms with Crippen LogP contribution in [-0.4, -0.2) is 49.1 Å². The molecule has 2 aliphatic rings. The molecule has 2 fully saturated rings. The average Bonchev–Trinajstić information content (AvgIpc) is 2.41. The molecule has 120 valence electrons. The second kappa shape index (κ2) is 9.82. The standard InChI is InChI=1S/C14H27N3O.2ClH/c1-14(7-3-4-8-16-14)13(18)15-9-12-17-10-5-2-6-11-17;;/h16H,2-12H2,1H3,(H,15,18);2*1H. The van der Waals surface area contributed by atoms with Crippen LogP contribution in [0.5, 0.6) is 0 Å². The van der Waals surface area contributed by atoms with Crippen LogP contribution >= 0.6 is 24.8 Å². The first-order valence-electron chi connectivity index (χ1n) is 7.46. The van der Waals surface area contributed by atoms with E-state index in [4.69, 9.17) is 0 Å². The van der Waals surface area contributed by atoms with E-state index in [0.29, 0.717) is 0 Å². The molecule has 0 spiro atoms. The lowest BCUT2D eigenvalue weighted by atomic mass is 9.90. The van der Waals surface area contributed by atoms with E-state index in [2.05, 4.69) is 15.5 Å². The highest BCUT2D eigenvalue weighted by Gasteiger charge is 2.33. The van der Waals surface area contributed by atoms with Crippen LogP contribution in [0.2, 0.25) is 0 Å². The van der Waals surface area contributed by atoms with Gasteiger partial charge < -0.3 is 15.5 Å². The van der Waals surface area contributed by atoms with Crippen LogP contribution in [-0.2, 0) is 4.79 Å². The molecule has 2 rings (SSSR count). The van der Waals surface area contributed by atoms with Crippen molar-refractivity contribution in [3.63, 3.8) is 0 Å². The van der Waals surface area contributed by atoms with Gasteiger partial charge in [0.15, 0.2) is 0 Å². The van der Waals surface area contributed by atoms with Crippen LogP contribution in [0.1, 0.15) is 45.4 Å². The first-order chi connectivity index (χ1) is 8.71. The Hall–Kier alpha value is -0.0300. The third-order valence-electron chi connectivity index (χ3n) is 4.28. The molecule has 20 heavy (non-hydrogen) atoms. The summed E-state index contributed by atoms with van der Waals surface area (Å²) >= 11 is 0. The molecule has 0 bridgehead atoms. The Morgan fingerprint density at radius 2 is 1.85 bits per heavy atom. The number of piperidine rings is 2. The minimum atomic E-state index is -0.333. The summed E-state index contributed by atoms with van der Waals surface area (Å²) in [7, 11) is 0. The lowest BCUT2D eigenvalue weighted by Gasteiger charge is -2.34. The molecule has 1 unspecified atom stereocenters. The summed E-state index contributed by atoms with van der Waals surface area (Å²) in [5.74, 6) is 0.180. The van der Waals surface area contributed by atoms with E-state index in [9.17, 15) is 4.79 Å². The predicted octanol–water partition coefficient (Wildman–Crippen LogP) is 1.96. The van der Waals surface area contributed by atoms with Crippen LogP contribution in [0.4, 0.5) is 0 Å². The van der Waals surface area contributed by atoms with Crippen LogP contribution in [0.15, 0.2) is 0 Å². The molecular formula is C14H29Cl2N3O. The molecule has 0 aromatic carbocycles. The molecule has 6 heteroatoms. The number of carbonyl (C=O) groups excluding carboxylic acids is 1. The van der Waals surface area contributed by atoms with E-state index in [-0.39, 0.29) is 36.3 Å². The summed E-state index contributed by atoms with van der Waals surface area (Å²) in [5.41, 5.74) is -0.333. The lowest BCUT2D eigenvalue weighted by Crippen LogP contribution is -2.57. The fraction of sp³-hybridized carbons (Fsp3) is 0.929. The fourth-order valence-electron chi connectivity index (χ4n) is 2.96. The molecule has 0 aliphatic carbocycles. The van der Waals surface area contributed by atoms with Crippen molar-refractivity contribution in [3.05, 3.63) is 0 Å². The second-order valence-electron chi connectivity index (χ2n) is 5.87. The number of hydrogen-bond donors (Lipinski definition) is 2. The van der Waals surface area contributed by atoms with Crippen LogP contribution < -0.4 is 10.6 Å². The van der Waals surface area contributed by atoms with E-state index in [0.717, 1.165) is 32.5 Å². The Labute approximate surface area is 135 Å². The molecule has 2 aliphatic heterocycles. The van der Waals surface area contributed by atoms with Crippen LogP contribution in [0, 0.1) is 0 Å². The molecule has 1 atom stereocenters. The first kappa shape index (κ1) is 20.0. The number of nitrogens with zero attached hydrogens (tertiary/aromatic N) is 1. The van der Waals surface area contributed by atoms with Crippen molar-refractivity contribution in [3.8, 4) is 0 Å². The maximum Gasteiger partial charge on any atom is 0.240 e. The zero-order valence-corrected chi connectivity index (χ0v) is 14.1. The van der Waals surface area contributed by atoms with Gasteiger partial charge in [0.2, 0.25) is 5.91 Å². The van der Waals surface area contributed by atoms with Crippen LogP contribution in [0.3, 0.4) is 0 Å². The zero-order valence-electron chi connectivity index (χ0n) is 12.5. The average molecular weight is 326 g/mol. The van der Waals surface area contributed by atoms with Crippen molar-refractivity contribution in [2.24, 2.45) is 0 Å².